The number of carbonyl (C=O) groups is 1. The lowest BCUT2D eigenvalue weighted by Crippen LogP contribution is -2.43. The summed E-state index contributed by atoms with van der Waals surface area (Å²) in [7, 11) is 1.45. The van der Waals surface area contributed by atoms with Crippen molar-refractivity contribution in [1.82, 2.24) is 0 Å². The first-order chi connectivity index (χ1) is 11.2. The molecule has 0 radical (unpaired) electrons. The van der Waals surface area contributed by atoms with Crippen molar-refractivity contribution in [2.24, 2.45) is 0 Å². The first-order valence-corrected chi connectivity index (χ1v) is 8.58. The minimum Gasteiger partial charge on any atom is -0.469 e. The van der Waals surface area contributed by atoms with Crippen molar-refractivity contribution in [3.63, 3.8) is 0 Å². The second-order valence-corrected chi connectivity index (χ2v) is 6.01. The van der Waals surface area contributed by atoms with E-state index < -0.39 is 5.79 Å². The standard InChI is InChI=1S/C17H22O4.C2H6/c1-19-15(18)13-16(14-5-3-2-4-6-14)7-9-17(10-8-16)20-11-12-21-17;1-2/h2-6H,7-13H2,1H3;1-2H3. The van der Waals surface area contributed by atoms with Gasteiger partial charge in [0.15, 0.2) is 5.79 Å². The van der Waals surface area contributed by atoms with Crippen LogP contribution in [0, 0.1) is 0 Å². The van der Waals surface area contributed by atoms with Gasteiger partial charge in [0.2, 0.25) is 0 Å². The van der Waals surface area contributed by atoms with Crippen LogP contribution in [0.1, 0.15) is 51.5 Å². The lowest BCUT2D eigenvalue weighted by atomic mass is 9.66. The van der Waals surface area contributed by atoms with Gasteiger partial charge in [-0.1, -0.05) is 44.2 Å². The van der Waals surface area contributed by atoms with Gasteiger partial charge in [0, 0.05) is 18.3 Å². The Bertz CT molecular complexity index is 481. The molecule has 0 atom stereocenters. The first-order valence-electron chi connectivity index (χ1n) is 8.58. The lowest BCUT2D eigenvalue weighted by molar-refractivity contribution is -0.187. The molecule has 1 saturated carbocycles. The maximum atomic E-state index is 11.9. The third kappa shape index (κ3) is 3.93. The van der Waals surface area contributed by atoms with Gasteiger partial charge in [0.05, 0.1) is 26.7 Å². The molecular formula is C19H28O4. The zero-order valence-electron chi connectivity index (χ0n) is 14.5. The summed E-state index contributed by atoms with van der Waals surface area (Å²) in [6.45, 7) is 5.35. The van der Waals surface area contributed by atoms with Gasteiger partial charge in [-0.15, -0.1) is 0 Å². The SMILES string of the molecule is CC.COC(=O)CC1(c2ccccc2)CCC2(CC1)OCCO2. The van der Waals surface area contributed by atoms with E-state index in [9.17, 15) is 4.79 Å². The summed E-state index contributed by atoms with van der Waals surface area (Å²) < 4.78 is 16.5. The first kappa shape index (κ1) is 18.0. The normalized spacial score (nSPS) is 21.3. The van der Waals surface area contributed by atoms with E-state index in [0.717, 1.165) is 25.7 Å². The van der Waals surface area contributed by atoms with Gasteiger partial charge in [-0.2, -0.15) is 0 Å². The highest BCUT2D eigenvalue weighted by Gasteiger charge is 2.47. The predicted molar refractivity (Wildman–Crippen MR) is 89.2 cm³/mol. The smallest absolute Gasteiger partial charge is 0.306 e. The van der Waals surface area contributed by atoms with Gasteiger partial charge < -0.3 is 14.2 Å². The van der Waals surface area contributed by atoms with Gasteiger partial charge in [-0.05, 0) is 18.4 Å². The Balaban J connectivity index is 0.000000924. The van der Waals surface area contributed by atoms with Crippen LogP contribution in [-0.4, -0.2) is 32.1 Å². The summed E-state index contributed by atoms with van der Waals surface area (Å²) >= 11 is 0. The maximum Gasteiger partial charge on any atom is 0.306 e. The van der Waals surface area contributed by atoms with E-state index in [1.54, 1.807) is 0 Å². The number of methoxy groups -OCH3 is 1. The van der Waals surface area contributed by atoms with E-state index in [2.05, 4.69) is 12.1 Å². The second-order valence-electron chi connectivity index (χ2n) is 6.01. The quantitative estimate of drug-likeness (QED) is 0.794. The van der Waals surface area contributed by atoms with Gasteiger partial charge in [0.1, 0.15) is 0 Å². The molecule has 1 spiro atoms. The molecule has 2 fully saturated rings. The summed E-state index contributed by atoms with van der Waals surface area (Å²) in [5, 5.41) is 0. The maximum absolute atomic E-state index is 11.9. The summed E-state index contributed by atoms with van der Waals surface area (Å²) in [4.78, 5) is 11.9. The number of benzene rings is 1. The number of rotatable bonds is 3. The van der Waals surface area contributed by atoms with Crippen LogP contribution >= 0.6 is 0 Å². The van der Waals surface area contributed by atoms with E-state index in [4.69, 9.17) is 14.2 Å². The van der Waals surface area contributed by atoms with Gasteiger partial charge in [0.25, 0.3) is 0 Å². The number of esters is 1. The Hall–Kier alpha value is -1.39. The Morgan fingerprint density at radius 3 is 2.13 bits per heavy atom. The fourth-order valence-electron chi connectivity index (χ4n) is 3.60. The molecule has 1 heterocycles. The molecular weight excluding hydrogens is 292 g/mol. The second kappa shape index (κ2) is 7.93. The molecule has 0 N–H and O–H groups in total. The topological polar surface area (TPSA) is 44.8 Å². The summed E-state index contributed by atoms with van der Waals surface area (Å²) in [6, 6.07) is 10.3. The Labute approximate surface area is 139 Å². The number of ether oxygens (including phenoxy) is 3. The third-order valence-corrected chi connectivity index (χ3v) is 4.88. The average Bonchev–Trinajstić information content (AvgIpc) is 3.08. The number of hydrogen-bond donors (Lipinski definition) is 0. The van der Waals surface area contributed by atoms with Crippen molar-refractivity contribution in [2.45, 2.75) is 57.2 Å². The fraction of sp³-hybridized carbons (Fsp3) is 0.632. The van der Waals surface area contributed by atoms with Gasteiger partial charge in [-0.3, -0.25) is 4.79 Å². The van der Waals surface area contributed by atoms with Gasteiger partial charge >= 0.3 is 5.97 Å². The molecule has 0 unspecified atom stereocenters. The summed E-state index contributed by atoms with van der Waals surface area (Å²) in [5.41, 5.74) is 1.05. The highest BCUT2D eigenvalue weighted by molar-refractivity contribution is 5.71. The lowest BCUT2D eigenvalue weighted by Gasteiger charge is -2.43. The van der Waals surface area contributed by atoms with Crippen LogP contribution < -0.4 is 0 Å². The monoisotopic (exact) mass is 320 g/mol. The minimum absolute atomic E-state index is 0.150. The Morgan fingerprint density at radius 2 is 1.61 bits per heavy atom. The largest absolute Gasteiger partial charge is 0.469 e. The molecule has 1 aliphatic carbocycles. The van der Waals surface area contributed by atoms with E-state index >= 15 is 0 Å². The van der Waals surface area contributed by atoms with Crippen LogP contribution in [0.5, 0.6) is 0 Å². The van der Waals surface area contributed by atoms with Crippen LogP contribution in [0.4, 0.5) is 0 Å². The molecule has 1 saturated heterocycles. The molecule has 0 aromatic heterocycles. The van der Waals surface area contributed by atoms with Gasteiger partial charge in [-0.25, -0.2) is 0 Å². The average molecular weight is 320 g/mol. The number of carbonyl (C=O) groups excluding carboxylic acids is 1. The molecule has 0 bridgehead atoms. The Kier molecular flexibility index (Phi) is 6.19. The zero-order valence-corrected chi connectivity index (χ0v) is 14.5. The van der Waals surface area contributed by atoms with E-state index in [-0.39, 0.29) is 11.4 Å². The molecule has 1 aromatic rings. The summed E-state index contributed by atoms with van der Waals surface area (Å²) in [6.07, 6.45) is 3.85. The van der Waals surface area contributed by atoms with Crippen molar-refractivity contribution in [3.05, 3.63) is 35.9 Å². The van der Waals surface area contributed by atoms with Crippen molar-refractivity contribution >= 4 is 5.97 Å². The predicted octanol–water partition coefficient (Wildman–Crippen LogP) is 3.83. The van der Waals surface area contributed by atoms with E-state index in [0.29, 0.717) is 19.6 Å². The van der Waals surface area contributed by atoms with Crippen molar-refractivity contribution < 1.29 is 19.0 Å². The van der Waals surface area contributed by atoms with E-state index in [1.807, 2.05) is 32.0 Å². The minimum atomic E-state index is -0.408. The molecule has 1 aliphatic heterocycles. The molecule has 2 aliphatic rings. The van der Waals surface area contributed by atoms with Crippen molar-refractivity contribution in [1.29, 1.82) is 0 Å². The summed E-state index contributed by atoms with van der Waals surface area (Å²) in [5.74, 6) is -0.558. The molecule has 1 aromatic carbocycles. The van der Waals surface area contributed by atoms with Crippen molar-refractivity contribution in [2.75, 3.05) is 20.3 Å². The zero-order chi connectivity index (χ0) is 16.8. The molecule has 3 rings (SSSR count). The highest BCUT2D eigenvalue weighted by atomic mass is 16.7. The number of hydrogen-bond acceptors (Lipinski definition) is 4. The van der Waals surface area contributed by atoms with Crippen LogP contribution in [0.3, 0.4) is 0 Å². The molecule has 0 amide bonds. The molecule has 23 heavy (non-hydrogen) atoms. The van der Waals surface area contributed by atoms with E-state index in [1.165, 1.54) is 12.7 Å². The van der Waals surface area contributed by atoms with Crippen LogP contribution in [-0.2, 0) is 24.4 Å². The van der Waals surface area contributed by atoms with Crippen LogP contribution in [0.25, 0.3) is 0 Å². The van der Waals surface area contributed by atoms with Crippen molar-refractivity contribution in [3.8, 4) is 0 Å². The third-order valence-electron chi connectivity index (χ3n) is 4.88. The molecule has 4 heteroatoms. The van der Waals surface area contributed by atoms with Crippen LogP contribution in [0.2, 0.25) is 0 Å². The van der Waals surface area contributed by atoms with Crippen LogP contribution in [0.15, 0.2) is 30.3 Å². The Morgan fingerprint density at radius 1 is 1.04 bits per heavy atom. The molecule has 4 nitrogen and oxygen atoms in total. The fourth-order valence-corrected chi connectivity index (χ4v) is 3.60. The highest BCUT2D eigenvalue weighted by Crippen LogP contribution is 2.48. The molecule has 128 valence electrons.